The van der Waals surface area contributed by atoms with E-state index in [-0.39, 0.29) is 118 Å². The molecule has 20 nitrogen and oxygen atoms in total. The summed E-state index contributed by atoms with van der Waals surface area (Å²) in [5.74, 6) is -0.131. The monoisotopic (exact) mass is 1080 g/mol. The van der Waals surface area contributed by atoms with Crippen LogP contribution in [0.4, 0.5) is 22.7 Å². The summed E-state index contributed by atoms with van der Waals surface area (Å²) in [5.41, 5.74) is 0.0876. The van der Waals surface area contributed by atoms with Gasteiger partial charge in [-0.1, -0.05) is 79.7 Å². The molecule has 0 aromatic heterocycles. The molecule has 7 rings (SSSR count). The van der Waals surface area contributed by atoms with Crippen molar-refractivity contribution in [2.75, 3.05) is 13.2 Å². The molecule has 0 radical (unpaired) electrons. The van der Waals surface area contributed by atoms with Crippen LogP contribution in [0.2, 0.25) is 0 Å². The molecule has 6 aromatic carbocycles. The van der Waals surface area contributed by atoms with Crippen LogP contribution in [-0.2, 0) is 56.7 Å². The molecule has 76 heavy (non-hydrogen) atoms. The number of hydrogen-bond donors (Lipinski definition) is 0. The number of hydrogen-bond acceptors (Lipinski definition) is 16. The Morgan fingerprint density at radius 2 is 0.658 bits per heavy atom. The van der Waals surface area contributed by atoms with Crippen LogP contribution in [0.3, 0.4) is 0 Å². The van der Waals surface area contributed by atoms with Crippen LogP contribution in [0.1, 0.15) is 124 Å². The van der Waals surface area contributed by atoms with Gasteiger partial charge in [0.15, 0.2) is 0 Å². The average Bonchev–Trinajstić information content (AvgIpc) is 3.34. The molecule has 0 unspecified atom stereocenters. The summed E-state index contributed by atoms with van der Waals surface area (Å²) < 4.78 is 83.2. The first-order valence-corrected chi connectivity index (χ1v) is 27.0. The van der Waals surface area contributed by atoms with Crippen LogP contribution in [0, 0.1) is 40.5 Å². The van der Waals surface area contributed by atoms with Crippen molar-refractivity contribution in [1.82, 2.24) is 0 Å². The van der Waals surface area contributed by atoms with E-state index in [1.807, 2.05) is 55.4 Å². The Hall–Kier alpha value is -7.98. The zero-order valence-corrected chi connectivity index (χ0v) is 44.7. The van der Waals surface area contributed by atoms with Gasteiger partial charge in [0.2, 0.25) is 0 Å². The summed E-state index contributed by atoms with van der Waals surface area (Å²) in [5, 5.41) is 49.1. The third-order valence-corrected chi connectivity index (χ3v) is 15.0. The molecule has 1 aliphatic rings. The second-order valence-electron chi connectivity index (χ2n) is 20.4. The molecular formula is C54H56N4O16S2. The normalized spacial score (nSPS) is 12.8. The number of rotatable bonds is 16. The van der Waals surface area contributed by atoms with E-state index in [0.29, 0.717) is 24.0 Å². The highest BCUT2D eigenvalue weighted by atomic mass is 32.2. The Morgan fingerprint density at radius 3 is 0.882 bits per heavy atom. The first-order valence-electron chi connectivity index (χ1n) is 24.2. The molecule has 0 fully saturated rings. The summed E-state index contributed by atoms with van der Waals surface area (Å²) in [6.07, 6.45) is -0.167. The Bertz CT molecular complexity index is 3180. The molecule has 0 amide bonds. The van der Waals surface area contributed by atoms with E-state index in [1.54, 1.807) is 24.3 Å². The Labute approximate surface area is 439 Å². The maximum Gasteiger partial charge on any atom is 0.339 e. The van der Waals surface area contributed by atoms with Crippen LogP contribution in [0.5, 0.6) is 23.0 Å². The van der Waals surface area contributed by atoms with Crippen LogP contribution in [-0.4, -0.2) is 49.7 Å². The van der Waals surface area contributed by atoms with Gasteiger partial charge in [-0.05, 0) is 59.1 Å². The molecule has 0 N–H and O–H groups in total. The molecule has 400 valence electrons. The summed E-state index contributed by atoms with van der Waals surface area (Å²) in [6.45, 7) is 15.4. The van der Waals surface area contributed by atoms with Crippen molar-refractivity contribution in [3.63, 3.8) is 0 Å². The topological polar surface area (TPSA) is 278 Å². The van der Waals surface area contributed by atoms with Crippen LogP contribution in [0.25, 0.3) is 0 Å². The summed E-state index contributed by atoms with van der Waals surface area (Å²) in [4.78, 5) is 45.7. The zero-order chi connectivity index (χ0) is 55.7. The van der Waals surface area contributed by atoms with Crippen molar-refractivity contribution in [2.24, 2.45) is 0 Å². The smallest absolute Gasteiger partial charge is 0.339 e. The number of nitro groups is 4. The predicted molar refractivity (Wildman–Crippen MR) is 281 cm³/mol. The lowest BCUT2D eigenvalue weighted by Gasteiger charge is -2.27. The van der Waals surface area contributed by atoms with E-state index in [2.05, 4.69) is 0 Å². The largest absolute Gasteiger partial charge is 0.493 e. The SMILES string of the molecule is CCCOc1c2cc([N+](=O)[O-])cc1Cc1cc(C(C)(C)C)cc(c1OS(=O)(=O)c1ccc([N+](=O)[O-])cc1)Cc1cc([N+](=O)[O-])cc(c1OCCC)Cc1cc(C(C)(C)C)cc(c1OS(=O)(=O)c1ccc([N+](=O)[O-])cc1)C2. The first kappa shape index (κ1) is 55.8. The molecule has 0 atom stereocenters. The second kappa shape index (κ2) is 21.7. The van der Waals surface area contributed by atoms with Crippen LogP contribution < -0.4 is 17.8 Å². The van der Waals surface area contributed by atoms with Crippen molar-refractivity contribution in [1.29, 1.82) is 0 Å². The van der Waals surface area contributed by atoms with Crippen molar-refractivity contribution in [3.8, 4) is 23.0 Å². The lowest BCUT2D eigenvalue weighted by molar-refractivity contribution is -0.385. The molecule has 0 saturated heterocycles. The lowest BCUT2D eigenvalue weighted by atomic mass is 9.81. The van der Waals surface area contributed by atoms with Crippen molar-refractivity contribution >= 4 is 43.0 Å². The fourth-order valence-corrected chi connectivity index (χ4v) is 10.7. The first-order chi connectivity index (χ1) is 35.6. The van der Waals surface area contributed by atoms with Crippen LogP contribution in [0.15, 0.2) is 107 Å². The number of nitro benzene ring substituents is 4. The number of benzene rings is 6. The molecule has 8 bridgehead atoms. The standard InChI is InChI=1S/C54H56N4O16S2/c1-9-19-71-49-37-21-33-25-41(53(3,4)5)27-35(51(33)73-75(67,68)47-15-11-43(12-16-47)55(59)60)23-39-31-46(58(65)66)32-40(50(39)72-20-10-2)24-36-28-42(54(6,7)8)26-34(22-38(49)30-45(29-37)57(63)64)52(36)74-76(69,70)48-17-13-44(14-18-48)56(61)62/h11-18,25-32H,9-10,19-24H2,1-8H3. The van der Waals surface area contributed by atoms with E-state index in [1.165, 1.54) is 24.3 Å². The fraction of sp³-hybridized carbons (Fsp3) is 0.333. The maximum atomic E-state index is 14.5. The van der Waals surface area contributed by atoms with Gasteiger partial charge in [-0.3, -0.25) is 40.5 Å². The second-order valence-corrected chi connectivity index (χ2v) is 23.5. The molecule has 0 saturated carbocycles. The number of ether oxygens (including phenoxy) is 2. The molecule has 1 aliphatic carbocycles. The van der Waals surface area contributed by atoms with Gasteiger partial charge < -0.3 is 17.8 Å². The van der Waals surface area contributed by atoms with E-state index in [4.69, 9.17) is 17.8 Å². The minimum Gasteiger partial charge on any atom is -0.493 e. The van der Waals surface area contributed by atoms with Crippen molar-refractivity contribution in [2.45, 2.75) is 115 Å². The van der Waals surface area contributed by atoms with Crippen molar-refractivity contribution in [3.05, 3.63) is 193 Å². The Morgan fingerprint density at radius 1 is 0.408 bits per heavy atom. The molecule has 0 aliphatic heterocycles. The zero-order valence-electron chi connectivity index (χ0n) is 43.0. The molecule has 0 spiro atoms. The highest BCUT2D eigenvalue weighted by Gasteiger charge is 2.32. The minimum absolute atomic E-state index is 0.0993. The molecule has 0 heterocycles. The molecular weight excluding hydrogens is 1020 g/mol. The van der Waals surface area contributed by atoms with Gasteiger partial charge in [0.05, 0.1) is 32.9 Å². The van der Waals surface area contributed by atoms with E-state index in [9.17, 15) is 57.3 Å². The quantitative estimate of drug-likeness (QED) is 0.0494. The fourth-order valence-electron chi connectivity index (χ4n) is 8.71. The highest BCUT2D eigenvalue weighted by Crippen LogP contribution is 2.45. The lowest BCUT2D eigenvalue weighted by Crippen LogP contribution is -2.18. The van der Waals surface area contributed by atoms with Gasteiger partial charge in [0, 0.05) is 119 Å². The number of fused-ring (bicyclic) bond motifs is 8. The Balaban J connectivity index is 1.63. The van der Waals surface area contributed by atoms with Crippen molar-refractivity contribution < 1.29 is 54.4 Å². The number of non-ortho nitro benzene ring substituents is 4. The van der Waals surface area contributed by atoms with Gasteiger partial charge in [0.25, 0.3) is 22.7 Å². The van der Waals surface area contributed by atoms with E-state index >= 15 is 0 Å². The molecule has 22 heteroatoms. The van der Waals surface area contributed by atoms with Gasteiger partial charge in [-0.25, -0.2) is 0 Å². The third-order valence-electron chi connectivity index (χ3n) is 12.6. The van der Waals surface area contributed by atoms with E-state index in [0.717, 1.165) is 48.5 Å². The Kier molecular flexibility index (Phi) is 15.9. The predicted octanol–water partition coefficient (Wildman–Crippen LogP) is 11.7. The van der Waals surface area contributed by atoms with Gasteiger partial charge in [-0.2, -0.15) is 16.8 Å². The van der Waals surface area contributed by atoms with Gasteiger partial charge >= 0.3 is 20.2 Å². The third kappa shape index (κ3) is 12.4. The van der Waals surface area contributed by atoms with E-state index < -0.39 is 71.9 Å². The average molecular weight is 1080 g/mol. The number of nitrogens with zero attached hydrogens (tertiary/aromatic N) is 4. The summed E-state index contributed by atoms with van der Waals surface area (Å²) in [7, 11) is -9.67. The summed E-state index contributed by atoms with van der Waals surface area (Å²) in [6, 6.07) is 20.2. The minimum atomic E-state index is -4.84. The summed E-state index contributed by atoms with van der Waals surface area (Å²) >= 11 is 0. The maximum absolute atomic E-state index is 14.5. The van der Waals surface area contributed by atoms with Crippen LogP contribution >= 0.6 is 0 Å². The van der Waals surface area contributed by atoms with Gasteiger partial charge in [0.1, 0.15) is 32.8 Å². The van der Waals surface area contributed by atoms with Gasteiger partial charge in [-0.15, -0.1) is 0 Å². The highest BCUT2D eigenvalue weighted by molar-refractivity contribution is 7.87. The molecule has 6 aromatic rings.